The van der Waals surface area contributed by atoms with Crippen molar-refractivity contribution in [2.45, 2.75) is 0 Å². The van der Waals surface area contributed by atoms with Gasteiger partial charge in [0.05, 0.1) is 11.0 Å². The van der Waals surface area contributed by atoms with Gasteiger partial charge in [-0.05, 0) is 88.0 Å². The highest BCUT2D eigenvalue weighted by Gasteiger charge is 2.19. The Morgan fingerprint density at radius 3 is 1.39 bits per heavy atom. The predicted octanol–water partition coefficient (Wildman–Crippen LogP) is 15.3. The molecule has 0 saturated heterocycles. The lowest BCUT2D eigenvalue weighted by atomic mass is 9.95. The number of para-hydroxylation sites is 1. The molecule has 0 fully saturated rings. The largest absolute Gasteiger partial charge is 0.309 e. The van der Waals surface area contributed by atoms with E-state index in [1.54, 1.807) is 0 Å². The highest BCUT2D eigenvalue weighted by molar-refractivity contribution is 7.25. The lowest BCUT2D eigenvalue weighted by Gasteiger charge is -2.15. The Hall–Kier alpha value is -7.99. The van der Waals surface area contributed by atoms with Gasteiger partial charge in [-0.25, -0.2) is 15.0 Å². The molecule has 0 unspecified atom stereocenters. The first-order valence-electron chi connectivity index (χ1n) is 20.8. The van der Waals surface area contributed by atoms with Crippen LogP contribution in [-0.4, -0.2) is 19.5 Å². The molecule has 0 amide bonds. The van der Waals surface area contributed by atoms with Crippen molar-refractivity contribution in [2.24, 2.45) is 0 Å². The molecule has 0 aliphatic carbocycles. The number of nitrogens with zero attached hydrogens (tertiary/aromatic N) is 4. The average Bonchev–Trinajstić information content (AvgIpc) is 3.88. The van der Waals surface area contributed by atoms with Gasteiger partial charge in [-0.15, -0.1) is 11.3 Å². The number of rotatable bonds is 7. The number of hydrogen-bond donors (Lipinski definition) is 0. The Kier molecular flexibility index (Phi) is 8.65. The van der Waals surface area contributed by atoms with Gasteiger partial charge in [-0.2, -0.15) is 0 Å². The van der Waals surface area contributed by atoms with E-state index in [1.165, 1.54) is 42.1 Å². The van der Waals surface area contributed by atoms with E-state index in [0.29, 0.717) is 17.5 Å². The number of hydrogen-bond acceptors (Lipinski definition) is 4. The molecule has 4 nitrogen and oxygen atoms in total. The van der Waals surface area contributed by atoms with Gasteiger partial charge in [0.25, 0.3) is 0 Å². The van der Waals surface area contributed by atoms with Gasteiger partial charge in [-0.1, -0.05) is 164 Å². The van der Waals surface area contributed by atoms with Crippen LogP contribution in [0.5, 0.6) is 0 Å². The van der Waals surface area contributed by atoms with Crippen LogP contribution in [0.1, 0.15) is 0 Å². The lowest BCUT2D eigenvalue weighted by molar-refractivity contribution is 1.07. The first-order chi connectivity index (χ1) is 30.7. The van der Waals surface area contributed by atoms with Gasteiger partial charge in [-0.3, -0.25) is 0 Å². The number of benzene rings is 9. The molecule has 0 atom stereocenters. The van der Waals surface area contributed by atoms with E-state index in [-0.39, 0.29) is 0 Å². The molecule has 3 heterocycles. The minimum absolute atomic E-state index is 0.611. The Labute approximate surface area is 362 Å². The van der Waals surface area contributed by atoms with Crippen molar-refractivity contribution >= 4 is 53.3 Å². The summed E-state index contributed by atoms with van der Waals surface area (Å²) in [6, 6.07) is 77.7. The molecule has 290 valence electrons. The third-order valence-corrected chi connectivity index (χ3v) is 12.9. The molecule has 62 heavy (non-hydrogen) atoms. The van der Waals surface area contributed by atoms with Crippen LogP contribution in [0, 0.1) is 0 Å². The summed E-state index contributed by atoms with van der Waals surface area (Å²) in [6.45, 7) is 0. The van der Waals surface area contributed by atoms with Gasteiger partial charge in [0.15, 0.2) is 17.5 Å². The molecule has 0 aliphatic rings. The molecular weight excluding hydrogens is 773 g/mol. The van der Waals surface area contributed by atoms with E-state index < -0.39 is 0 Å². The minimum atomic E-state index is 0.611. The van der Waals surface area contributed by atoms with E-state index in [2.05, 4.69) is 187 Å². The van der Waals surface area contributed by atoms with Crippen molar-refractivity contribution < 1.29 is 0 Å². The van der Waals surface area contributed by atoms with E-state index in [1.807, 2.05) is 47.7 Å². The maximum Gasteiger partial charge on any atom is 0.164 e. The summed E-state index contributed by atoms with van der Waals surface area (Å²) in [5.74, 6) is 1.87. The second-order valence-electron chi connectivity index (χ2n) is 15.7. The smallest absolute Gasteiger partial charge is 0.164 e. The standard InChI is InChI=1S/C57H36N4S/c1-4-16-37(17-5-1)40-22-14-23-41(30-40)42-24-15-25-43(31-42)44-32-45(57-59-55(38-18-6-2-7-19-38)58-56(60-57)39-20-8-3-9-21-39)34-46(33-44)61-51-28-12-10-26-47(51)49-35-50-48-27-11-13-29-53(48)62-54(50)36-52(49)61/h1-36H. The number of fused-ring (bicyclic) bond motifs is 6. The van der Waals surface area contributed by atoms with Crippen molar-refractivity contribution in [3.8, 4) is 73.2 Å². The van der Waals surface area contributed by atoms with Crippen LogP contribution in [0.4, 0.5) is 0 Å². The maximum absolute atomic E-state index is 5.22. The Morgan fingerprint density at radius 2 is 0.742 bits per heavy atom. The summed E-state index contributed by atoms with van der Waals surface area (Å²) in [5.41, 5.74) is 13.0. The molecule has 12 aromatic rings. The SMILES string of the molecule is c1ccc(-c2cccc(-c3cccc(-c4cc(-c5nc(-c6ccccc6)nc(-c6ccccc6)n5)cc(-n5c6ccccc6c6cc7c(cc65)sc5ccccc57)c4)c3)c2)cc1. The molecule has 0 saturated carbocycles. The van der Waals surface area contributed by atoms with Gasteiger partial charge in [0.2, 0.25) is 0 Å². The van der Waals surface area contributed by atoms with Crippen molar-refractivity contribution in [1.29, 1.82) is 0 Å². The molecule has 0 N–H and O–H groups in total. The molecular formula is C57H36N4S. The third-order valence-electron chi connectivity index (χ3n) is 11.8. The predicted molar refractivity (Wildman–Crippen MR) is 260 cm³/mol. The molecule has 3 aromatic heterocycles. The molecule has 9 aromatic carbocycles. The van der Waals surface area contributed by atoms with Crippen LogP contribution >= 0.6 is 11.3 Å². The Morgan fingerprint density at radius 1 is 0.274 bits per heavy atom. The van der Waals surface area contributed by atoms with Crippen molar-refractivity contribution in [3.05, 3.63) is 218 Å². The van der Waals surface area contributed by atoms with Crippen LogP contribution in [-0.2, 0) is 0 Å². The number of aromatic nitrogens is 4. The molecule has 0 spiro atoms. The van der Waals surface area contributed by atoms with E-state index >= 15 is 0 Å². The molecule has 5 heteroatoms. The van der Waals surface area contributed by atoms with Crippen LogP contribution < -0.4 is 0 Å². The summed E-state index contributed by atoms with van der Waals surface area (Å²) >= 11 is 1.85. The van der Waals surface area contributed by atoms with Crippen LogP contribution in [0.2, 0.25) is 0 Å². The molecule has 0 aliphatic heterocycles. The fraction of sp³-hybridized carbons (Fsp3) is 0. The van der Waals surface area contributed by atoms with Crippen LogP contribution in [0.3, 0.4) is 0 Å². The van der Waals surface area contributed by atoms with Crippen molar-refractivity contribution in [1.82, 2.24) is 19.5 Å². The minimum Gasteiger partial charge on any atom is -0.309 e. The number of thiophene rings is 1. The zero-order valence-corrected chi connectivity index (χ0v) is 34.3. The second kappa shape index (κ2) is 14.9. The van der Waals surface area contributed by atoms with Crippen molar-refractivity contribution in [2.75, 3.05) is 0 Å². The Bertz CT molecular complexity index is 3570. The molecule has 0 bridgehead atoms. The summed E-state index contributed by atoms with van der Waals surface area (Å²) in [4.78, 5) is 15.5. The highest BCUT2D eigenvalue weighted by atomic mass is 32.1. The Balaban J connectivity index is 1.11. The quantitative estimate of drug-likeness (QED) is 0.161. The van der Waals surface area contributed by atoms with Gasteiger partial charge in [0, 0.05) is 53.3 Å². The van der Waals surface area contributed by atoms with E-state index in [9.17, 15) is 0 Å². The fourth-order valence-corrected chi connectivity index (χ4v) is 9.95. The van der Waals surface area contributed by atoms with Gasteiger partial charge in [0.1, 0.15) is 0 Å². The normalized spacial score (nSPS) is 11.5. The first-order valence-corrected chi connectivity index (χ1v) is 21.7. The van der Waals surface area contributed by atoms with Crippen LogP contribution in [0.25, 0.3) is 115 Å². The van der Waals surface area contributed by atoms with E-state index in [4.69, 9.17) is 15.0 Å². The third kappa shape index (κ3) is 6.35. The topological polar surface area (TPSA) is 43.6 Å². The highest BCUT2D eigenvalue weighted by Crippen LogP contribution is 2.42. The van der Waals surface area contributed by atoms with Gasteiger partial charge < -0.3 is 4.57 Å². The zero-order chi connectivity index (χ0) is 41.0. The maximum atomic E-state index is 5.22. The summed E-state index contributed by atoms with van der Waals surface area (Å²) in [7, 11) is 0. The summed E-state index contributed by atoms with van der Waals surface area (Å²) in [6.07, 6.45) is 0. The van der Waals surface area contributed by atoms with E-state index in [0.717, 1.165) is 55.7 Å². The molecule has 12 rings (SSSR count). The summed E-state index contributed by atoms with van der Waals surface area (Å²) < 4.78 is 4.98. The average molecular weight is 809 g/mol. The zero-order valence-electron chi connectivity index (χ0n) is 33.5. The molecule has 0 radical (unpaired) electrons. The monoisotopic (exact) mass is 808 g/mol. The van der Waals surface area contributed by atoms with Gasteiger partial charge >= 0.3 is 0 Å². The fourth-order valence-electron chi connectivity index (χ4n) is 8.83. The summed E-state index contributed by atoms with van der Waals surface area (Å²) in [5, 5.41) is 5.02. The van der Waals surface area contributed by atoms with Crippen molar-refractivity contribution in [3.63, 3.8) is 0 Å². The second-order valence-corrected chi connectivity index (χ2v) is 16.7. The lowest BCUT2D eigenvalue weighted by Crippen LogP contribution is -2.01. The van der Waals surface area contributed by atoms with Crippen LogP contribution in [0.15, 0.2) is 218 Å². The first kappa shape index (κ1) is 35.9.